The lowest BCUT2D eigenvalue weighted by atomic mass is 10.5. The Hall–Kier alpha value is -0.660. The highest BCUT2D eigenvalue weighted by Crippen LogP contribution is 2.29. The Bertz CT molecular complexity index is 389. The van der Waals surface area contributed by atoms with E-state index in [1.165, 1.54) is 4.31 Å². The van der Waals surface area contributed by atoms with Gasteiger partial charge in [-0.25, -0.2) is 8.42 Å². The highest BCUT2D eigenvalue weighted by atomic mass is 32.2. The molecule has 0 aromatic carbocycles. The number of carbonyl (C=O) groups is 1. The van der Waals surface area contributed by atoms with Crippen LogP contribution in [-0.2, 0) is 24.3 Å². The third-order valence-corrected chi connectivity index (χ3v) is 4.52. The van der Waals surface area contributed by atoms with E-state index in [1.54, 1.807) is 6.92 Å². The lowest BCUT2D eigenvalue weighted by Gasteiger charge is -2.21. The van der Waals surface area contributed by atoms with Crippen molar-refractivity contribution in [2.24, 2.45) is 0 Å². The smallest absolute Gasteiger partial charge is 0.321 e. The molecule has 0 spiro atoms. The van der Waals surface area contributed by atoms with Crippen molar-refractivity contribution >= 4 is 16.0 Å². The lowest BCUT2D eigenvalue weighted by molar-refractivity contribution is -0.143. The van der Waals surface area contributed by atoms with Gasteiger partial charge in [0.25, 0.3) is 0 Å². The highest BCUT2D eigenvalue weighted by molar-refractivity contribution is 7.89. The third-order valence-electron chi connectivity index (χ3n) is 2.69. The zero-order valence-electron chi connectivity index (χ0n) is 11.8. The van der Waals surface area contributed by atoms with Gasteiger partial charge in [0.1, 0.15) is 6.54 Å². The molecule has 0 aromatic heterocycles. The van der Waals surface area contributed by atoms with Crippen LogP contribution in [0.25, 0.3) is 0 Å². The van der Waals surface area contributed by atoms with Crippen molar-refractivity contribution in [3.05, 3.63) is 0 Å². The van der Waals surface area contributed by atoms with Crippen LogP contribution in [0.4, 0.5) is 0 Å². The van der Waals surface area contributed by atoms with Gasteiger partial charge in [0.15, 0.2) is 0 Å². The standard InChI is InChI=1S/C12H23NO5S/c1-4-17-12(14)9-13(11-5-6-11)19(15,16)8-7-18-10(2)3/h10-11H,4-9H2,1-3H3. The van der Waals surface area contributed by atoms with Gasteiger partial charge in [-0.2, -0.15) is 4.31 Å². The van der Waals surface area contributed by atoms with Crippen molar-refractivity contribution in [1.29, 1.82) is 0 Å². The van der Waals surface area contributed by atoms with Gasteiger partial charge in [-0.3, -0.25) is 4.79 Å². The minimum atomic E-state index is -3.46. The SMILES string of the molecule is CCOC(=O)CN(C1CC1)S(=O)(=O)CCOC(C)C. The van der Waals surface area contributed by atoms with Crippen LogP contribution in [-0.4, -0.2) is 56.3 Å². The van der Waals surface area contributed by atoms with Crippen molar-refractivity contribution in [3.8, 4) is 0 Å². The summed E-state index contributed by atoms with van der Waals surface area (Å²) in [6, 6.07) is -0.0477. The molecule has 0 aromatic rings. The van der Waals surface area contributed by atoms with Crippen molar-refractivity contribution < 1.29 is 22.7 Å². The first-order valence-electron chi connectivity index (χ1n) is 6.63. The second-order valence-electron chi connectivity index (χ2n) is 4.82. The van der Waals surface area contributed by atoms with Gasteiger partial charge in [0.05, 0.1) is 25.1 Å². The quantitative estimate of drug-likeness (QED) is 0.587. The summed E-state index contributed by atoms with van der Waals surface area (Å²) in [5.41, 5.74) is 0. The molecular formula is C12H23NO5S. The molecule has 0 heterocycles. The fourth-order valence-electron chi connectivity index (χ4n) is 1.66. The van der Waals surface area contributed by atoms with Gasteiger partial charge >= 0.3 is 5.97 Å². The lowest BCUT2D eigenvalue weighted by Crippen LogP contribution is -2.40. The summed E-state index contributed by atoms with van der Waals surface area (Å²) in [5.74, 6) is -0.594. The predicted octanol–water partition coefficient (Wildman–Crippen LogP) is 0.769. The molecule has 1 rings (SSSR count). The fraction of sp³-hybridized carbons (Fsp3) is 0.917. The Morgan fingerprint density at radius 3 is 2.47 bits per heavy atom. The van der Waals surface area contributed by atoms with Gasteiger partial charge in [-0.05, 0) is 33.6 Å². The second kappa shape index (κ2) is 7.21. The number of hydrogen-bond acceptors (Lipinski definition) is 5. The van der Waals surface area contributed by atoms with E-state index in [2.05, 4.69) is 0 Å². The highest BCUT2D eigenvalue weighted by Gasteiger charge is 2.38. The Morgan fingerprint density at radius 2 is 2.00 bits per heavy atom. The maximum atomic E-state index is 12.2. The molecule has 1 fully saturated rings. The molecule has 0 atom stereocenters. The molecular weight excluding hydrogens is 270 g/mol. The first kappa shape index (κ1) is 16.4. The molecule has 0 aliphatic heterocycles. The number of nitrogens with zero attached hydrogens (tertiary/aromatic N) is 1. The van der Waals surface area contributed by atoms with E-state index in [9.17, 15) is 13.2 Å². The van der Waals surface area contributed by atoms with Crippen molar-refractivity contribution in [3.63, 3.8) is 0 Å². The van der Waals surface area contributed by atoms with E-state index in [-0.39, 0.29) is 37.7 Å². The number of sulfonamides is 1. The molecule has 1 saturated carbocycles. The van der Waals surface area contributed by atoms with E-state index in [0.29, 0.717) is 0 Å². The van der Waals surface area contributed by atoms with Crippen LogP contribution in [0.3, 0.4) is 0 Å². The predicted molar refractivity (Wildman–Crippen MR) is 71.2 cm³/mol. The molecule has 1 aliphatic rings. The molecule has 19 heavy (non-hydrogen) atoms. The first-order chi connectivity index (χ1) is 8.86. The maximum absolute atomic E-state index is 12.2. The Kier molecular flexibility index (Phi) is 6.22. The summed E-state index contributed by atoms with van der Waals surface area (Å²) in [6.07, 6.45) is 1.61. The van der Waals surface area contributed by atoms with Crippen molar-refractivity contribution in [2.75, 3.05) is 25.5 Å². The van der Waals surface area contributed by atoms with Crippen LogP contribution in [0.1, 0.15) is 33.6 Å². The summed E-state index contributed by atoms with van der Waals surface area (Å²) < 4.78 is 35.7. The first-order valence-corrected chi connectivity index (χ1v) is 8.24. The van der Waals surface area contributed by atoms with Crippen LogP contribution >= 0.6 is 0 Å². The molecule has 0 saturated heterocycles. The Morgan fingerprint density at radius 1 is 1.37 bits per heavy atom. The van der Waals surface area contributed by atoms with E-state index >= 15 is 0 Å². The molecule has 7 heteroatoms. The summed E-state index contributed by atoms with van der Waals surface area (Å²) in [6.45, 7) is 5.61. The average Bonchev–Trinajstić information content (AvgIpc) is 3.09. The van der Waals surface area contributed by atoms with E-state index < -0.39 is 16.0 Å². The molecule has 0 radical (unpaired) electrons. The topological polar surface area (TPSA) is 72.9 Å². The van der Waals surface area contributed by atoms with Gasteiger partial charge in [0, 0.05) is 6.04 Å². The Labute approximate surface area is 115 Å². The molecule has 6 nitrogen and oxygen atoms in total. The van der Waals surface area contributed by atoms with E-state index in [4.69, 9.17) is 9.47 Å². The van der Waals surface area contributed by atoms with Crippen LogP contribution in [0.2, 0.25) is 0 Å². The molecule has 112 valence electrons. The Balaban J connectivity index is 2.56. The minimum Gasteiger partial charge on any atom is -0.465 e. The number of carbonyl (C=O) groups excluding carboxylic acids is 1. The molecule has 0 unspecified atom stereocenters. The number of hydrogen-bond donors (Lipinski definition) is 0. The normalized spacial score (nSPS) is 16.1. The van der Waals surface area contributed by atoms with E-state index in [0.717, 1.165) is 12.8 Å². The molecule has 0 bridgehead atoms. The second-order valence-corrected chi connectivity index (χ2v) is 6.86. The summed E-state index contributed by atoms with van der Waals surface area (Å²) >= 11 is 0. The number of ether oxygens (including phenoxy) is 2. The van der Waals surface area contributed by atoms with E-state index in [1.807, 2.05) is 13.8 Å². The molecule has 0 amide bonds. The van der Waals surface area contributed by atoms with Crippen LogP contribution in [0.5, 0.6) is 0 Å². The van der Waals surface area contributed by atoms with Crippen LogP contribution < -0.4 is 0 Å². The number of rotatable bonds is 9. The largest absolute Gasteiger partial charge is 0.465 e. The average molecular weight is 293 g/mol. The fourth-order valence-corrected chi connectivity index (χ4v) is 3.17. The molecule has 0 N–H and O–H groups in total. The zero-order chi connectivity index (χ0) is 14.5. The van der Waals surface area contributed by atoms with Crippen molar-refractivity contribution in [2.45, 2.75) is 45.8 Å². The van der Waals surface area contributed by atoms with Gasteiger partial charge in [-0.15, -0.1) is 0 Å². The van der Waals surface area contributed by atoms with Crippen LogP contribution in [0.15, 0.2) is 0 Å². The zero-order valence-corrected chi connectivity index (χ0v) is 12.6. The molecule has 1 aliphatic carbocycles. The number of esters is 1. The summed E-state index contributed by atoms with van der Waals surface area (Å²) in [7, 11) is -3.46. The van der Waals surface area contributed by atoms with Crippen molar-refractivity contribution in [1.82, 2.24) is 4.31 Å². The maximum Gasteiger partial charge on any atom is 0.321 e. The summed E-state index contributed by atoms with van der Waals surface area (Å²) in [4.78, 5) is 11.5. The van der Waals surface area contributed by atoms with Crippen LogP contribution in [0, 0.1) is 0 Å². The third kappa shape index (κ3) is 5.88. The minimum absolute atomic E-state index is 0.00497. The van der Waals surface area contributed by atoms with Gasteiger partial charge in [0.2, 0.25) is 10.0 Å². The monoisotopic (exact) mass is 293 g/mol. The summed E-state index contributed by atoms with van der Waals surface area (Å²) in [5, 5.41) is 0. The van der Waals surface area contributed by atoms with Gasteiger partial charge < -0.3 is 9.47 Å². The van der Waals surface area contributed by atoms with Gasteiger partial charge in [-0.1, -0.05) is 0 Å².